The number of hydrogen-bond acceptors (Lipinski definition) is 11. The smallest absolute Gasteiger partial charge is 0.433 e. The molecule has 0 aliphatic carbocycles. The summed E-state index contributed by atoms with van der Waals surface area (Å²) in [5, 5.41) is 25.3. The number of halogens is 19. The summed E-state index contributed by atoms with van der Waals surface area (Å²) in [7, 11) is 0. The Kier molecular flexibility index (Phi) is 26.3. The number of hydrogen-bond donors (Lipinski definition) is 2. The van der Waals surface area contributed by atoms with Crippen LogP contribution < -0.4 is 4.74 Å². The number of nitrogens with zero attached hydrogens (tertiary/aromatic N) is 9. The summed E-state index contributed by atoms with van der Waals surface area (Å²) in [5.41, 5.74) is -0.605. The second kappa shape index (κ2) is 34.8. The average Bonchev–Trinajstić information content (AvgIpc) is 1.47. The zero-order valence-corrected chi connectivity index (χ0v) is 64.9. The molecule has 0 amide bonds. The maximum absolute atomic E-state index is 14.3. The van der Waals surface area contributed by atoms with Gasteiger partial charge < -0.3 is 19.3 Å². The van der Waals surface area contributed by atoms with Crippen molar-refractivity contribution in [3.8, 4) is 5.88 Å². The molecule has 562 valence electrons. The molecule has 33 heteroatoms. The molecule has 0 radical (unpaired) electrons. The lowest BCUT2D eigenvalue weighted by Gasteiger charge is -2.37. The van der Waals surface area contributed by atoms with E-state index in [0.29, 0.717) is 59.4 Å². The Morgan fingerprint density at radius 3 is 1.11 bits per heavy atom. The van der Waals surface area contributed by atoms with Crippen molar-refractivity contribution in [1.29, 1.82) is 0 Å². The topological polar surface area (TPSA) is 164 Å². The number of aliphatic hydroxyl groups is 1. The summed E-state index contributed by atoms with van der Waals surface area (Å²) in [6.07, 6.45) is -16.0. The Morgan fingerprint density at radius 2 is 0.750 bits per heavy atom. The molecule has 2 N–H and O–H groups in total. The van der Waals surface area contributed by atoms with Crippen molar-refractivity contribution in [1.82, 2.24) is 49.7 Å². The Hall–Kier alpha value is -7.48. The van der Waals surface area contributed by atoms with Crippen molar-refractivity contribution in [2.24, 2.45) is 0 Å². The van der Waals surface area contributed by atoms with Crippen LogP contribution in [0.4, 0.5) is 52.7 Å². The monoisotopic (exact) mass is 1910 g/mol. The van der Waals surface area contributed by atoms with E-state index < -0.39 is 58.6 Å². The molecule has 0 atom stereocenters. The van der Waals surface area contributed by atoms with Gasteiger partial charge in [0.15, 0.2) is 5.69 Å². The molecule has 2 saturated heterocycles. The molecule has 0 spiro atoms. The van der Waals surface area contributed by atoms with E-state index in [1.165, 1.54) is 0 Å². The van der Waals surface area contributed by atoms with E-state index in [1.54, 1.807) is 9.36 Å². The number of alkyl halides is 12. The molecule has 9 heterocycles. The lowest BCUT2D eigenvalue weighted by atomic mass is 9.77. The predicted molar refractivity (Wildman–Crippen MR) is 411 cm³/mol. The summed E-state index contributed by atoms with van der Waals surface area (Å²) < 4.78 is 179. The third-order valence-electron chi connectivity index (χ3n) is 17.0. The molecule has 14 nitrogen and oxygen atoms in total. The van der Waals surface area contributed by atoms with Gasteiger partial charge in [0, 0.05) is 31.1 Å². The minimum Gasteiger partial charge on any atom is -0.474 e. The fraction of sp³-hybridized carbons (Fsp3) is 0.213. The lowest BCUT2D eigenvalue weighted by Crippen LogP contribution is -2.38. The quantitative estimate of drug-likeness (QED) is 0.0580. The van der Waals surface area contributed by atoms with Crippen molar-refractivity contribution in [3.63, 3.8) is 0 Å². The fourth-order valence-electron chi connectivity index (χ4n) is 12.2. The number of nitrogens with one attached hydrogen (secondary N) is 1. The van der Waals surface area contributed by atoms with Gasteiger partial charge in [-0.3, -0.25) is 5.10 Å². The number of benzene rings is 6. The Labute approximate surface area is 668 Å². The van der Waals surface area contributed by atoms with Gasteiger partial charge >= 0.3 is 24.7 Å². The Balaban J connectivity index is 0.000000152. The van der Waals surface area contributed by atoms with Gasteiger partial charge in [-0.15, -0.1) is 0 Å². The summed E-state index contributed by atoms with van der Waals surface area (Å²) in [5.74, 6) is -0.0598. The first-order valence-corrected chi connectivity index (χ1v) is 37.2. The minimum atomic E-state index is -4.68. The van der Waals surface area contributed by atoms with Gasteiger partial charge in [0.25, 0.3) is 0 Å². The zero-order valence-electron chi connectivity index (χ0n) is 55.4. The molecule has 0 bridgehead atoms. The number of fused-ring (bicyclic) bond motifs is 3. The van der Waals surface area contributed by atoms with E-state index in [2.05, 4.69) is 52.7 Å². The van der Waals surface area contributed by atoms with Crippen LogP contribution in [0.15, 0.2) is 212 Å². The SMILES string of the molecule is FC(F)(F)c1cc(Cl)cc(Cl)n1.FC(F)(F)c1cc2c(c(Cl)n1)c(I)nn2C(c1ccccc1)(c1ccccc1)c1ccccc1.FC(F)(F)c1cc2c(c(I)nn2C(c2ccccc2)(c2ccccc2)c2ccccc2)c(OC2CCOCC2)n1.FC(F)(F)c1cc2n[nH]c(I)c2c(Cl)n1.OC1CCOCC1. The third-order valence-corrected chi connectivity index (χ3v) is 20.2. The normalized spacial score (nSPS) is 14.0. The molecule has 2 aliphatic heterocycles. The van der Waals surface area contributed by atoms with Crippen LogP contribution in [0.2, 0.25) is 20.5 Å². The first kappa shape index (κ1) is 81.5. The molecule has 0 unspecified atom stereocenters. The molecular weight excluding hydrogens is 1860 g/mol. The van der Waals surface area contributed by atoms with Crippen molar-refractivity contribution >= 4 is 147 Å². The van der Waals surface area contributed by atoms with Crippen LogP contribution >= 0.6 is 114 Å². The molecule has 6 aromatic carbocycles. The van der Waals surface area contributed by atoms with E-state index in [0.717, 1.165) is 83.7 Å². The number of ether oxygens (including phenoxy) is 3. The van der Waals surface area contributed by atoms with Gasteiger partial charge in [0.2, 0.25) is 5.88 Å². The third kappa shape index (κ3) is 18.4. The molecule has 15 rings (SSSR count). The number of H-pyrrole nitrogens is 1. The van der Waals surface area contributed by atoms with Gasteiger partial charge in [0.05, 0.1) is 52.0 Å². The van der Waals surface area contributed by atoms with Crippen LogP contribution in [0.1, 0.15) is 81.8 Å². The Morgan fingerprint density at radius 1 is 0.417 bits per heavy atom. The predicted octanol–water partition coefficient (Wildman–Crippen LogP) is 21.8. The van der Waals surface area contributed by atoms with E-state index in [9.17, 15) is 52.7 Å². The number of pyridine rings is 4. The van der Waals surface area contributed by atoms with Crippen LogP contribution in [0.5, 0.6) is 5.88 Å². The highest BCUT2D eigenvalue weighted by Gasteiger charge is 2.46. The summed E-state index contributed by atoms with van der Waals surface area (Å²) in [4.78, 5) is 14.0. The van der Waals surface area contributed by atoms with Gasteiger partial charge in [-0.25, -0.2) is 29.3 Å². The van der Waals surface area contributed by atoms with Crippen molar-refractivity contribution in [2.75, 3.05) is 26.4 Å². The molecule has 2 aliphatic rings. The molecule has 13 aromatic rings. The summed E-state index contributed by atoms with van der Waals surface area (Å²) >= 11 is 28.5. The van der Waals surface area contributed by atoms with Gasteiger partial charge in [-0.1, -0.05) is 228 Å². The molecule has 108 heavy (non-hydrogen) atoms. The number of aromatic amines is 1. The van der Waals surface area contributed by atoms with E-state index in [4.69, 9.17) is 75.9 Å². The zero-order chi connectivity index (χ0) is 77.3. The van der Waals surface area contributed by atoms with Gasteiger partial charge in [-0.2, -0.15) is 68.0 Å². The highest BCUT2D eigenvalue weighted by Crippen LogP contribution is 2.48. The van der Waals surface area contributed by atoms with Gasteiger partial charge in [-0.05, 0) is 144 Å². The van der Waals surface area contributed by atoms with Crippen molar-refractivity contribution < 1.29 is 72.0 Å². The molecule has 0 saturated carbocycles. The van der Waals surface area contributed by atoms with Crippen LogP contribution in [0.3, 0.4) is 0 Å². The fourth-order valence-corrected chi connectivity index (χ4v) is 15.6. The second-order valence-electron chi connectivity index (χ2n) is 23.9. The maximum Gasteiger partial charge on any atom is 0.433 e. The van der Waals surface area contributed by atoms with Crippen molar-refractivity contribution in [3.05, 3.63) is 300 Å². The maximum atomic E-state index is 14.3. The summed E-state index contributed by atoms with van der Waals surface area (Å²) in [6, 6.07) is 62.8. The average molecular weight is 1910 g/mol. The van der Waals surface area contributed by atoms with E-state index >= 15 is 0 Å². The highest BCUT2D eigenvalue weighted by atomic mass is 127. The van der Waals surface area contributed by atoms with E-state index in [-0.39, 0.29) is 55.1 Å². The first-order chi connectivity index (χ1) is 51.4. The largest absolute Gasteiger partial charge is 0.474 e. The molecule has 2 fully saturated rings. The Bertz CT molecular complexity index is 4970. The van der Waals surface area contributed by atoms with Crippen LogP contribution in [-0.2, 0) is 45.3 Å². The van der Waals surface area contributed by atoms with E-state index in [1.807, 2.05) is 227 Å². The second-order valence-corrected chi connectivity index (χ2v) is 28.6. The number of aliphatic hydroxyl groups excluding tert-OH is 1. The molecule has 7 aromatic heterocycles. The molecular formula is C75H55Cl4F12I3N10O4. The number of rotatable bonds is 10. The number of aromatic nitrogens is 10. The lowest BCUT2D eigenvalue weighted by molar-refractivity contribution is -0.142. The van der Waals surface area contributed by atoms with Crippen LogP contribution in [-0.4, -0.2) is 93.4 Å². The van der Waals surface area contributed by atoms with Crippen LogP contribution in [0.25, 0.3) is 32.7 Å². The first-order valence-electron chi connectivity index (χ1n) is 32.4. The van der Waals surface area contributed by atoms with Crippen molar-refractivity contribution in [2.45, 2.75) is 73.7 Å². The van der Waals surface area contributed by atoms with Gasteiger partial charge in [0.1, 0.15) is 60.8 Å². The minimum absolute atomic E-state index is 0.0598. The van der Waals surface area contributed by atoms with Crippen LogP contribution in [0, 0.1) is 11.1 Å². The highest BCUT2D eigenvalue weighted by molar-refractivity contribution is 14.1. The summed E-state index contributed by atoms with van der Waals surface area (Å²) in [6.45, 7) is 2.45. The standard InChI is InChI=1S/C31H25F3IN3O2.C26H16ClF3IN3.C7H2ClF3IN3.C6H2Cl2F3N.C5H10O2/c32-31(33,34)26-20-25-27(29(36-26)40-24-16-18-39-19-17-24)28(35)37-38(25)30(21-10-4-1-5-11-21,22-12-6-2-7-13-22)23-14-8-3-9-15-23;27-23-22-20(16-21(32-23)26(28,29)30)34(33-24(22)31)25(17-10-4-1-5-11-17,18-12-6-2-7-13-18)19-14-8-3-9-15-19;8-5-4-2(14-15-6(4)12)1-3(13-5)7(9,10)11;7-3-1-4(6(9,10)11)12-5(8)2-3;6-5-1-3-7-4-2-5/h1-15,20,24H,16-19H2;1-16H;1H,(H,14,15);1-2H;5-6H,1-4H2.